The molecule has 0 aromatic heterocycles. The quantitative estimate of drug-likeness (QED) is 0.864. The molecule has 1 aromatic carbocycles. The molecule has 17 heavy (non-hydrogen) atoms. The molecule has 0 aliphatic carbocycles. The molecular weight excluding hydrogens is 313 g/mol. The van der Waals surface area contributed by atoms with Crippen LogP contribution in [-0.2, 0) is 10.0 Å². The predicted octanol–water partition coefficient (Wildman–Crippen LogP) is 1.64. The van der Waals surface area contributed by atoms with Crippen LogP contribution >= 0.6 is 15.9 Å². The molecule has 4 nitrogen and oxygen atoms in total. The number of aliphatic hydroxyl groups excluding tert-OH is 1. The summed E-state index contributed by atoms with van der Waals surface area (Å²) in [5, 5.41) is 8.68. The first-order valence-corrected chi connectivity index (χ1v) is 7.22. The summed E-state index contributed by atoms with van der Waals surface area (Å²) in [6.07, 6.45) is 0.275. The normalized spacial score (nSPS) is 13.6. The van der Waals surface area contributed by atoms with Crippen molar-refractivity contribution in [1.29, 1.82) is 0 Å². The molecule has 0 spiro atoms. The van der Waals surface area contributed by atoms with Crippen LogP contribution in [0.4, 0.5) is 4.39 Å². The van der Waals surface area contributed by atoms with Crippen LogP contribution in [0.25, 0.3) is 0 Å². The van der Waals surface area contributed by atoms with Gasteiger partial charge in [-0.3, -0.25) is 0 Å². The van der Waals surface area contributed by atoms with Crippen LogP contribution in [0.15, 0.2) is 27.6 Å². The molecule has 7 heteroatoms. The monoisotopic (exact) mass is 325 g/mol. The van der Waals surface area contributed by atoms with Crippen molar-refractivity contribution in [1.82, 2.24) is 4.72 Å². The lowest BCUT2D eigenvalue weighted by molar-refractivity contribution is 0.275. The maximum atomic E-state index is 13.5. The van der Waals surface area contributed by atoms with E-state index in [2.05, 4.69) is 20.7 Å². The van der Waals surface area contributed by atoms with Gasteiger partial charge in [0.05, 0.1) is 0 Å². The fourth-order valence-corrected chi connectivity index (χ4v) is 2.94. The second kappa shape index (κ2) is 5.90. The van der Waals surface area contributed by atoms with Gasteiger partial charge in [0.25, 0.3) is 0 Å². The van der Waals surface area contributed by atoms with Crippen molar-refractivity contribution in [2.24, 2.45) is 0 Å². The summed E-state index contributed by atoms with van der Waals surface area (Å²) in [7, 11) is -3.89. The molecule has 1 rings (SSSR count). The molecule has 96 valence electrons. The number of nitrogens with one attached hydrogen (secondary N) is 1. The number of aliphatic hydroxyl groups is 1. The summed E-state index contributed by atoms with van der Waals surface area (Å²) >= 11 is 3.05. The molecule has 0 saturated heterocycles. The first kappa shape index (κ1) is 14.6. The second-order valence-corrected chi connectivity index (χ2v) is 6.21. The van der Waals surface area contributed by atoms with Gasteiger partial charge in [-0.25, -0.2) is 17.5 Å². The Morgan fingerprint density at radius 2 is 2.18 bits per heavy atom. The van der Waals surface area contributed by atoms with Gasteiger partial charge in [0, 0.05) is 17.1 Å². The third-order valence-electron chi connectivity index (χ3n) is 2.10. The number of hydrogen-bond acceptors (Lipinski definition) is 3. The van der Waals surface area contributed by atoms with Crippen molar-refractivity contribution in [2.75, 3.05) is 6.61 Å². The lowest BCUT2D eigenvalue weighted by Crippen LogP contribution is -2.33. The van der Waals surface area contributed by atoms with Gasteiger partial charge >= 0.3 is 0 Å². The van der Waals surface area contributed by atoms with Crippen LogP contribution in [-0.4, -0.2) is 26.2 Å². The molecule has 0 bridgehead atoms. The Bertz CT molecular complexity index is 492. The second-order valence-electron chi connectivity index (χ2n) is 3.61. The van der Waals surface area contributed by atoms with Crippen molar-refractivity contribution >= 4 is 26.0 Å². The Labute approximate surface area is 108 Å². The molecule has 0 radical (unpaired) electrons. The molecule has 0 amide bonds. The van der Waals surface area contributed by atoms with Gasteiger partial charge in [0.1, 0.15) is 10.7 Å². The van der Waals surface area contributed by atoms with E-state index in [9.17, 15) is 12.8 Å². The Morgan fingerprint density at radius 3 is 2.71 bits per heavy atom. The minimum Gasteiger partial charge on any atom is -0.396 e. The topological polar surface area (TPSA) is 66.4 Å². The van der Waals surface area contributed by atoms with E-state index in [1.165, 1.54) is 12.1 Å². The van der Waals surface area contributed by atoms with E-state index in [-0.39, 0.29) is 13.0 Å². The smallest absolute Gasteiger partial charge is 0.243 e. The van der Waals surface area contributed by atoms with Crippen molar-refractivity contribution in [3.63, 3.8) is 0 Å². The van der Waals surface area contributed by atoms with Gasteiger partial charge in [-0.1, -0.05) is 15.9 Å². The number of hydrogen-bond donors (Lipinski definition) is 2. The first-order valence-electron chi connectivity index (χ1n) is 4.95. The van der Waals surface area contributed by atoms with Crippen molar-refractivity contribution in [2.45, 2.75) is 24.3 Å². The molecule has 0 aliphatic heterocycles. The summed E-state index contributed by atoms with van der Waals surface area (Å²) in [6, 6.07) is 3.28. The number of benzene rings is 1. The first-order chi connectivity index (χ1) is 7.86. The average Bonchev–Trinajstić information content (AvgIpc) is 2.15. The standard InChI is InChI=1S/C10H13BrFNO3S/c1-7(4-5-14)13-17(15,16)10-3-2-8(11)6-9(10)12/h2-3,6-7,13-14H,4-5H2,1H3. The summed E-state index contributed by atoms with van der Waals surface area (Å²) in [5.74, 6) is -0.817. The van der Waals surface area contributed by atoms with Gasteiger partial charge in [0.2, 0.25) is 10.0 Å². The maximum absolute atomic E-state index is 13.5. The van der Waals surface area contributed by atoms with Crippen LogP contribution in [0.5, 0.6) is 0 Å². The lowest BCUT2D eigenvalue weighted by atomic mass is 10.3. The van der Waals surface area contributed by atoms with Crippen molar-refractivity contribution in [3.05, 3.63) is 28.5 Å². The third-order valence-corrected chi connectivity index (χ3v) is 4.22. The fourth-order valence-electron chi connectivity index (χ4n) is 1.27. The van der Waals surface area contributed by atoms with Crippen LogP contribution in [0.3, 0.4) is 0 Å². The molecule has 1 unspecified atom stereocenters. The van der Waals surface area contributed by atoms with Gasteiger partial charge < -0.3 is 5.11 Å². The third kappa shape index (κ3) is 4.02. The highest BCUT2D eigenvalue weighted by Gasteiger charge is 2.21. The van der Waals surface area contributed by atoms with E-state index >= 15 is 0 Å². The van der Waals surface area contributed by atoms with Crippen LogP contribution in [0.2, 0.25) is 0 Å². The van der Waals surface area contributed by atoms with Crippen LogP contribution in [0.1, 0.15) is 13.3 Å². The largest absolute Gasteiger partial charge is 0.396 e. The van der Waals surface area contributed by atoms with Gasteiger partial charge in [-0.05, 0) is 31.5 Å². The van der Waals surface area contributed by atoms with E-state index in [4.69, 9.17) is 5.11 Å². The number of sulfonamides is 1. The Balaban J connectivity index is 2.97. The highest BCUT2D eigenvalue weighted by Crippen LogP contribution is 2.19. The molecule has 1 atom stereocenters. The summed E-state index contributed by atoms with van der Waals surface area (Å²) < 4.78 is 39.8. The number of rotatable bonds is 5. The van der Waals surface area contributed by atoms with Gasteiger partial charge in [-0.15, -0.1) is 0 Å². The van der Waals surface area contributed by atoms with Crippen LogP contribution < -0.4 is 4.72 Å². The van der Waals surface area contributed by atoms with E-state index in [1.54, 1.807) is 6.92 Å². The molecule has 2 N–H and O–H groups in total. The summed E-state index contributed by atoms with van der Waals surface area (Å²) in [5.41, 5.74) is 0. The zero-order valence-electron chi connectivity index (χ0n) is 9.15. The van der Waals surface area contributed by atoms with E-state index in [0.717, 1.165) is 6.07 Å². The Morgan fingerprint density at radius 1 is 1.53 bits per heavy atom. The minimum absolute atomic E-state index is 0.132. The molecular formula is C10H13BrFNO3S. The lowest BCUT2D eigenvalue weighted by Gasteiger charge is -2.13. The Hall–Kier alpha value is -0.500. The number of halogens is 2. The van der Waals surface area contributed by atoms with Crippen molar-refractivity contribution < 1.29 is 17.9 Å². The van der Waals surface area contributed by atoms with E-state index in [1.807, 2.05) is 0 Å². The highest BCUT2D eigenvalue weighted by molar-refractivity contribution is 9.10. The SMILES string of the molecule is CC(CCO)NS(=O)(=O)c1ccc(Br)cc1F. The molecule has 0 fully saturated rings. The Kier molecular flexibility index (Phi) is 5.05. The van der Waals surface area contributed by atoms with E-state index in [0.29, 0.717) is 4.47 Å². The zero-order chi connectivity index (χ0) is 13.1. The van der Waals surface area contributed by atoms with E-state index < -0.39 is 26.8 Å². The van der Waals surface area contributed by atoms with Gasteiger partial charge in [-0.2, -0.15) is 0 Å². The zero-order valence-corrected chi connectivity index (χ0v) is 11.6. The summed E-state index contributed by atoms with van der Waals surface area (Å²) in [6.45, 7) is 1.47. The highest BCUT2D eigenvalue weighted by atomic mass is 79.9. The molecule has 0 heterocycles. The predicted molar refractivity (Wildman–Crippen MR) is 65.6 cm³/mol. The average molecular weight is 326 g/mol. The minimum atomic E-state index is -3.89. The van der Waals surface area contributed by atoms with Gasteiger partial charge in [0.15, 0.2) is 0 Å². The summed E-state index contributed by atoms with van der Waals surface area (Å²) in [4.78, 5) is -0.398. The molecule has 0 saturated carbocycles. The van der Waals surface area contributed by atoms with Crippen LogP contribution in [0, 0.1) is 5.82 Å². The molecule has 0 aliphatic rings. The fraction of sp³-hybridized carbons (Fsp3) is 0.400. The maximum Gasteiger partial charge on any atom is 0.243 e. The molecule has 1 aromatic rings. The van der Waals surface area contributed by atoms with Crippen molar-refractivity contribution in [3.8, 4) is 0 Å².